The van der Waals surface area contributed by atoms with Gasteiger partial charge in [0.1, 0.15) is 18.2 Å². The molecule has 2 aromatic carbocycles. The first-order valence-corrected chi connectivity index (χ1v) is 6.97. The van der Waals surface area contributed by atoms with Gasteiger partial charge < -0.3 is 9.72 Å². The number of para-hydroxylation sites is 1. The van der Waals surface area contributed by atoms with Crippen molar-refractivity contribution in [2.24, 2.45) is 0 Å². The summed E-state index contributed by atoms with van der Waals surface area (Å²) in [6.07, 6.45) is 0. The minimum absolute atomic E-state index is 0.0163. The van der Waals surface area contributed by atoms with E-state index in [2.05, 4.69) is 9.97 Å². The van der Waals surface area contributed by atoms with Crippen molar-refractivity contribution in [3.8, 4) is 5.75 Å². The van der Waals surface area contributed by atoms with Gasteiger partial charge >= 0.3 is 0 Å². The highest BCUT2D eigenvalue weighted by Gasteiger charge is 2.11. The number of rotatable bonds is 4. The molecular weight excluding hydrogens is 322 g/mol. The summed E-state index contributed by atoms with van der Waals surface area (Å²) >= 11 is 5.94. The summed E-state index contributed by atoms with van der Waals surface area (Å²) in [5, 5.41) is 11.3. The Bertz CT molecular complexity index is 955. The van der Waals surface area contributed by atoms with E-state index in [4.69, 9.17) is 16.3 Å². The lowest BCUT2D eigenvalue weighted by Crippen LogP contribution is -2.13. The average Bonchev–Trinajstić information content (AvgIpc) is 2.53. The van der Waals surface area contributed by atoms with E-state index >= 15 is 0 Å². The molecular formula is C15H10ClN3O4. The lowest BCUT2D eigenvalue weighted by atomic mass is 10.2. The van der Waals surface area contributed by atoms with E-state index in [1.165, 1.54) is 18.2 Å². The van der Waals surface area contributed by atoms with Gasteiger partial charge in [0.05, 0.1) is 20.8 Å². The van der Waals surface area contributed by atoms with Crippen molar-refractivity contribution < 1.29 is 9.66 Å². The van der Waals surface area contributed by atoms with Crippen LogP contribution in [0.4, 0.5) is 5.69 Å². The molecule has 7 nitrogen and oxygen atoms in total. The Balaban J connectivity index is 1.83. The third-order valence-electron chi connectivity index (χ3n) is 3.15. The van der Waals surface area contributed by atoms with Gasteiger partial charge in [-0.3, -0.25) is 14.9 Å². The van der Waals surface area contributed by atoms with Crippen molar-refractivity contribution in [2.75, 3.05) is 0 Å². The Morgan fingerprint density at radius 1 is 1.26 bits per heavy atom. The molecule has 1 N–H and O–H groups in total. The Kier molecular flexibility index (Phi) is 3.94. The van der Waals surface area contributed by atoms with Crippen LogP contribution < -0.4 is 10.3 Å². The number of halogens is 1. The lowest BCUT2D eigenvalue weighted by molar-refractivity contribution is -0.384. The Morgan fingerprint density at radius 2 is 2.04 bits per heavy atom. The summed E-state index contributed by atoms with van der Waals surface area (Å²) in [5.74, 6) is 0.608. The number of nitro groups is 1. The number of fused-ring (bicyclic) bond motifs is 1. The highest BCUT2D eigenvalue weighted by Crippen LogP contribution is 2.29. The standard InChI is InChI=1S/C15H10ClN3O4/c16-11-7-9(19(21)22)5-6-13(11)23-8-14-17-12-4-2-1-3-10(12)15(20)18-14/h1-7H,8H2,(H,17,18,20). The fourth-order valence-electron chi connectivity index (χ4n) is 2.07. The van der Waals surface area contributed by atoms with E-state index in [0.29, 0.717) is 16.7 Å². The highest BCUT2D eigenvalue weighted by atomic mass is 35.5. The second-order valence-electron chi connectivity index (χ2n) is 4.69. The van der Waals surface area contributed by atoms with Crippen molar-refractivity contribution in [3.05, 3.63) is 73.8 Å². The number of non-ortho nitro benzene ring substituents is 1. The van der Waals surface area contributed by atoms with E-state index in [-0.39, 0.29) is 28.6 Å². The Hall–Kier alpha value is -2.93. The van der Waals surface area contributed by atoms with Gasteiger partial charge in [-0.2, -0.15) is 0 Å². The first-order valence-electron chi connectivity index (χ1n) is 6.59. The van der Waals surface area contributed by atoms with Gasteiger partial charge in [-0.25, -0.2) is 4.98 Å². The minimum atomic E-state index is -0.544. The topological polar surface area (TPSA) is 98.1 Å². The molecule has 116 valence electrons. The molecule has 0 saturated heterocycles. The fourth-order valence-corrected chi connectivity index (χ4v) is 2.30. The monoisotopic (exact) mass is 331 g/mol. The Labute approximate surface area is 134 Å². The van der Waals surface area contributed by atoms with E-state index in [9.17, 15) is 14.9 Å². The van der Waals surface area contributed by atoms with Crippen LogP contribution in [0.2, 0.25) is 5.02 Å². The van der Waals surface area contributed by atoms with E-state index < -0.39 is 4.92 Å². The van der Waals surface area contributed by atoms with Crippen LogP contribution >= 0.6 is 11.6 Å². The van der Waals surface area contributed by atoms with Gasteiger partial charge in [0, 0.05) is 12.1 Å². The molecule has 3 aromatic rings. The molecule has 0 unspecified atom stereocenters. The van der Waals surface area contributed by atoms with Gasteiger partial charge in [-0.05, 0) is 18.2 Å². The normalized spacial score (nSPS) is 10.7. The molecule has 1 aromatic heterocycles. The summed E-state index contributed by atoms with van der Waals surface area (Å²) in [6, 6.07) is 10.8. The number of aromatic amines is 1. The van der Waals surface area contributed by atoms with Crippen LogP contribution in [0.1, 0.15) is 5.82 Å². The van der Waals surface area contributed by atoms with Gasteiger partial charge in [-0.1, -0.05) is 23.7 Å². The first-order chi connectivity index (χ1) is 11.0. The number of hydrogen-bond acceptors (Lipinski definition) is 5. The predicted octanol–water partition coefficient (Wildman–Crippen LogP) is 3.06. The van der Waals surface area contributed by atoms with Crippen LogP contribution in [0.25, 0.3) is 10.9 Å². The largest absolute Gasteiger partial charge is 0.484 e. The van der Waals surface area contributed by atoms with Crippen molar-refractivity contribution in [3.63, 3.8) is 0 Å². The molecule has 0 radical (unpaired) electrons. The number of nitro benzene ring substituents is 1. The van der Waals surface area contributed by atoms with Crippen molar-refractivity contribution in [1.82, 2.24) is 9.97 Å². The summed E-state index contributed by atoms with van der Waals surface area (Å²) in [4.78, 5) is 29.0. The van der Waals surface area contributed by atoms with Gasteiger partial charge in [0.25, 0.3) is 11.2 Å². The molecule has 0 amide bonds. The number of benzene rings is 2. The van der Waals surface area contributed by atoms with Gasteiger partial charge in [0.2, 0.25) is 0 Å². The maximum Gasteiger partial charge on any atom is 0.271 e. The summed E-state index contributed by atoms with van der Waals surface area (Å²) < 4.78 is 5.47. The van der Waals surface area contributed by atoms with E-state index in [1.54, 1.807) is 24.3 Å². The highest BCUT2D eigenvalue weighted by molar-refractivity contribution is 6.32. The minimum Gasteiger partial charge on any atom is -0.484 e. The molecule has 0 aliphatic rings. The second kappa shape index (κ2) is 6.05. The molecule has 0 aliphatic heterocycles. The summed E-state index contributed by atoms with van der Waals surface area (Å²) in [7, 11) is 0. The third kappa shape index (κ3) is 3.14. The fraction of sp³-hybridized carbons (Fsp3) is 0.0667. The maximum atomic E-state index is 11.9. The molecule has 8 heteroatoms. The number of nitrogens with one attached hydrogen (secondary N) is 1. The second-order valence-corrected chi connectivity index (χ2v) is 5.10. The van der Waals surface area contributed by atoms with Crippen LogP contribution in [0, 0.1) is 10.1 Å². The van der Waals surface area contributed by atoms with Gasteiger partial charge in [0.15, 0.2) is 0 Å². The number of nitrogens with zero attached hydrogens (tertiary/aromatic N) is 2. The van der Waals surface area contributed by atoms with Gasteiger partial charge in [-0.15, -0.1) is 0 Å². The van der Waals surface area contributed by atoms with Crippen molar-refractivity contribution >= 4 is 28.2 Å². The molecule has 0 spiro atoms. The molecule has 23 heavy (non-hydrogen) atoms. The van der Waals surface area contributed by atoms with Crippen LogP contribution in [-0.2, 0) is 6.61 Å². The van der Waals surface area contributed by atoms with Crippen molar-refractivity contribution in [2.45, 2.75) is 6.61 Å². The van der Waals surface area contributed by atoms with Crippen LogP contribution in [0.5, 0.6) is 5.75 Å². The molecule has 1 heterocycles. The smallest absolute Gasteiger partial charge is 0.271 e. The first kappa shape index (κ1) is 15.0. The number of aromatic nitrogens is 2. The summed E-state index contributed by atoms with van der Waals surface area (Å²) in [6.45, 7) is -0.0163. The van der Waals surface area contributed by atoms with E-state index in [1.807, 2.05) is 0 Å². The maximum absolute atomic E-state index is 11.9. The number of ether oxygens (including phenoxy) is 1. The number of H-pyrrole nitrogens is 1. The Morgan fingerprint density at radius 3 is 2.78 bits per heavy atom. The molecule has 0 bridgehead atoms. The molecule has 0 atom stereocenters. The predicted molar refractivity (Wildman–Crippen MR) is 84.8 cm³/mol. The zero-order valence-corrected chi connectivity index (χ0v) is 12.4. The molecule has 0 aliphatic carbocycles. The summed E-state index contributed by atoms with van der Waals surface area (Å²) in [5.41, 5.74) is 0.174. The van der Waals surface area contributed by atoms with Crippen LogP contribution in [-0.4, -0.2) is 14.9 Å². The SMILES string of the molecule is O=c1[nH]c(COc2ccc([N+](=O)[O-])cc2Cl)nc2ccccc12. The van der Waals surface area contributed by atoms with E-state index in [0.717, 1.165) is 0 Å². The van der Waals surface area contributed by atoms with Crippen LogP contribution in [0.15, 0.2) is 47.3 Å². The molecule has 0 saturated carbocycles. The zero-order chi connectivity index (χ0) is 16.4. The quantitative estimate of drug-likeness (QED) is 0.585. The molecule has 3 rings (SSSR count). The number of hydrogen-bond donors (Lipinski definition) is 1. The van der Waals surface area contributed by atoms with Crippen molar-refractivity contribution in [1.29, 1.82) is 0 Å². The third-order valence-corrected chi connectivity index (χ3v) is 3.45. The average molecular weight is 332 g/mol. The molecule has 0 fully saturated rings. The van der Waals surface area contributed by atoms with Crippen LogP contribution in [0.3, 0.4) is 0 Å². The lowest BCUT2D eigenvalue weighted by Gasteiger charge is -2.08. The zero-order valence-electron chi connectivity index (χ0n) is 11.7.